The van der Waals surface area contributed by atoms with Gasteiger partial charge in [0.25, 0.3) is 0 Å². The van der Waals surface area contributed by atoms with E-state index in [4.69, 9.17) is 13.9 Å². The lowest BCUT2D eigenvalue weighted by molar-refractivity contribution is -0.133. The number of rotatable bonds is 5. The molecular formula is C24H18O5. The number of esters is 1. The fourth-order valence-corrected chi connectivity index (χ4v) is 3.07. The van der Waals surface area contributed by atoms with E-state index in [0.717, 1.165) is 0 Å². The van der Waals surface area contributed by atoms with Gasteiger partial charge in [0.15, 0.2) is 5.43 Å². The Morgan fingerprint density at radius 1 is 0.897 bits per heavy atom. The average Bonchev–Trinajstić information content (AvgIpc) is 2.76. The minimum Gasteiger partial charge on any atom is -0.472 e. The molecule has 2 aliphatic rings. The molecular weight excluding hydrogens is 368 g/mol. The molecule has 0 aromatic heterocycles. The van der Waals surface area contributed by atoms with E-state index in [1.54, 1.807) is 13.0 Å². The summed E-state index contributed by atoms with van der Waals surface area (Å²) < 4.78 is 16.8. The Kier molecular flexibility index (Phi) is 5.12. The molecule has 0 N–H and O–H groups in total. The van der Waals surface area contributed by atoms with E-state index < -0.39 is 5.97 Å². The van der Waals surface area contributed by atoms with Crippen LogP contribution in [-0.4, -0.2) is 5.97 Å². The van der Waals surface area contributed by atoms with Crippen LogP contribution < -0.4 is 14.9 Å². The summed E-state index contributed by atoms with van der Waals surface area (Å²) in [5, 5.41) is 0. The molecule has 4 rings (SSSR count). The zero-order chi connectivity index (χ0) is 20.2. The van der Waals surface area contributed by atoms with Crippen molar-refractivity contribution in [2.75, 3.05) is 0 Å². The van der Waals surface area contributed by atoms with Crippen molar-refractivity contribution in [2.24, 2.45) is 0 Å². The molecule has 29 heavy (non-hydrogen) atoms. The summed E-state index contributed by atoms with van der Waals surface area (Å²) in [6.45, 7) is 1.72. The van der Waals surface area contributed by atoms with E-state index in [1.165, 1.54) is 18.6 Å². The molecule has 1 heterocycles. The van der Waals surface area contributed by atoms with E-state index >= 15 is 0 Å². The Bertz CT molecular complexity index is 1180. The lowest BCUT2D eigenvalue weighted by Crippen LogP contribution is -2.12. The zero-order valence-electron chi connectivity index (χ0n) is 15.8. The third-order valence-electron chi connectivity index (χ3n) is 4.47. The molecule has 0 bridgehead atoms. The molecule has 5 heteroatoms. The monoisotopic (exact) mass is 386 g/mol. The standard InChI is InChI=1S/C24H18O5/c1-2-23(26)29-24-18-12-13-27-15-20(18)21(25)14-19(24)17-10-6-7-11-22(17)28-16-8-4-3-5-9-16/h3-15H,2H2,1H3. The first-order chi connectivity index (χ1) is 14.2. The van der Waals surface area contributed by atoms with Gasteiger partial charge in [-0.05, 0) is 30.3 Å². The fraction of sp³-hybridized carbons (Fsp3) is 0.0833. The van der Waals surface area contributed by atoms with Gasteiger partial charge < -0.3 is 13.9 Å². The summed E-state index contributed by atoms with van der Waals surface area (Å²) in [7, 11) is 0. The van der Waals surface area contributed by atoms with Crippen LogP contribution in [0.1, 0.15) is 13.3 Å². The van der Waals surface area contributed by atoms with E-state index in [0.29, 0.717) is 39.5 Å². The van der Waals surface area contributed by atoms with Crippen molar-refractivity contribution in [2.45, 2.75) is 13.3 Å². The average molecular weight is 386 g/mol. The van der Waals surface area contributed by atoms with Gasteiger partial charge in [-0.3, -0.25) is 9.59 Å². The summed E-state index contributed by atoms with van der Waals surface area (Å²) in [4.78, 5) is 24.8. The van der Waals surface area contributed by atoms with E-state index in [2.05, 4.69) is 0 Å². The van der Waals surface area contributed by atoms with Crippen LogP contribution in [0.25, 0.3) is 22.3 Å². The summed E-state index contributed by atoms with van der Waals surface area (Å²) in [6, 6.07) is 19.7. The van der Waals surface area contributed by atoms with E-state index in [1.807, 2.05) is 54.6 Å². The van der Waals surface area contributed by atoms with Crippen LogP contribution >= 0.6 is 0 Å². The SMILES string of the molecule is CCC(=O)Oc1c(-c2ccccc2Oc2ccccc2)cc(=O)c2coccc1-2. The van der Waals surface area contributed by atoms with Crippen molar-refractivity contribution >= 4 is 5.97 Å². The first-order valence-corrected chi connectivity index (χ1v) is 9.23. The number of para-hydroxylation sites is 2. The number of fused-ring (bicyclic) bond motifs is 1. The van der Waals surface area contributed by atoms with E-state index in [-0.39, 0.29) is 11.8 Å². The smallest absolute Gasteiger partial charge is 0.310 e. The second kappa shape index (κ2) is 8.02. The topological polar surface area (TPSA) is 65.7 Å². The number of ether oxygens (including phenoxy) is 2. The van der Waals surface area contributed by atoms with Gasteiger partial charge in [-0.15, -0.1) is 0 Å². The van der Waals surface area contributed by atoms with Crippen molar-refractivity contribution in [1.29, 1.82) is 0 Å². The highest BCUT2D eigenvalue weighted by Gasteiger charge is 2.23. The van der Waals surface area contributed by atoms with Crippen LogP contribution in [0.2, 0.25) is 0 Å². The van der Waals surface area contributed by atoms with E-state index in [9.17, 15) is 9.59 Å². The molecule has 0 fully saturated rings. The Morgan fingerprint density at radius 3 is 2.45 bits per heavy atom. The van der Waals surface area contributed by atoms with Gasteiger partial charge in [-0.1, -0.05) is 43.3 Å². The van der Waals surface area contributed by atoms with Gasteiger partial charge in [0, 0.05) is 23.1 Å². The molecule has 2 aromatic carbocycles. The third-order valence-corrected chi connectivity index (χ3v) is 4.47. The van der Waals surface area contributed by atoms with Gasteiger partial charge in [-0.2, -0.15) is 0 Å². The number of hydrogen-bond donors (Lipinski definition) is 0. The quantitative estimate of drug-likeness (QED) is 0.334. The van der Waals surface area contributed by atoms with Crippen LogP contribution in [0.5, 0.6) is 17.2 Å². The highest BCUT2D eigenvalue weighted by Crippen LogP contribution is 2.43. The van der Waals surface area contributed by atoms with Crippen LogP contribution in [0.15, 0.2) is 88.5 Å². The first-order valence-electron chi connectivity index (χ1n) is 9.23. The summed E-state index contributed by atoms with van der Waals surface area (Å²) >= 11 is 0. The van der Waals surface area contributed by atoms with Gasteiger partial charge in [0.2, 0.25) is 0 Å². The Morgan fingerprint density at radius 2 is 1.66 bits per heavy atom. The summed E-state index contributed by atoms with van der Waals surface area (Å²) in [6.07, 6.45) is 3.01. The maximum Gasteiger partial charge on any atom is 0.310 e. The Labute approximate surface area is 167 Å². The van der Waals surface area contributed by atoms with Crippen LogP contribution in [0, 0.1) is 0 Å². The largest absolute Gasteiger partial charge is 0.472 e. The van der Waals surface area contributed by atoms with Crippen LogP contribution in [0.3, 0.4) is 0 Å². The number of carbonyl (C=O) groups excluding carboxylic acids is 1. The first kappa shape index (κ1) is 18.5. The zero-order valence-corrected chi connectivity index (χ0v) is 15.8. The van der Waals surface area contributed by atoms with Crippen molar-refractivity contribution in [1.82, 2.24) is 0 Å². The van der Waals surface area contributed by atoms with Gasteiger partial charge in [-0.25, -0.2) is 0 Å². The maximum atomic E-state index is 12.7. The fourth-order valence-electron chi connectivity index (χ4n) is 3.07. The number of carbonyl (C=O) groups is 1. The minimum atomic E-state index is -0.395. The minimum absolute atomic E-state index is 0.208. The maximum absolute atomic E-state index is 12.7. The number of benzene rings is 3. The summed E-state index contributed by atoms with van der Waals surface area (Å²) in [5.74, 6) is 1.13. The molecule has 0 unspecified atom stereocenters. The lowest BCUT2D eigenvalue weighted by atomic mass is 9.95. The highest BCUT2D eigenvalue weighted by molar-refractivity contribution is 5.89. The molecule has 1 aliphatic carbocycles. The normalized spacial score (nSPS) is 10.7. The van der Waals surface area contributed by atoms with Crippen molar-refractivity contribution < 1.29 is 18.7 Å². The van der Waals surface area contributed by atoms with Crippen LogP contribution in [-0.2, 0) is 4.79 Å². The molecule has 5 nitrogen and oxygen atoms in total. The van der Waals surface area contributed by atoms with Gasteiger partial charge in [0.1, 0.15) is 23.5 Å². The summed E-state index contributed by atoms with van der Waals surface area (Å²) in [5.41, 5.74) is 1.76. The predicted octanol–water partition coefficient (Wildman–Crippen LogP) is 5.52. The molecule has 0 radical (unpaired) electrons. The second-order valence-corrected chi connectivity index (χ2v) is 6.37. The highest BCUT2D eigenvalue weighted by atomic mass is 16.5. The third kappa shape index (κ3) is 3.75. The van der Waals surface area contributed by atoms with Crippen molar-refractivity contribution in [3.8, 4) is 39.5 Å². The lowest BCUT2D eigenvalue weighted by Gasteiger charge is -2.17. The van der Waals surface area contributed by atoms with Gasteiger partial charge >= 0.3 is 5.97 Å². The Hall–Kier alpha value is -3.86. The predicted molar refractivity (Wildman–Crippen MR) is 109 cm³/mol. The molecule has 0 atom stereocenters. The molecule has 0 saturated heterocycles. The van der Waals surface area contributed by atoms with Crippen molar-refractivity contribution in [3.63, 3.8) is 0 Å². The van der Waals surface area contributed by atoms with Crippen molar-refractivity contribution in [3.05, 3.63) is 89.5 Å². The molecule has 144 valence electrons. The van der Waals surface area contributed by atoms with Gasteiger partial charge in [0.05, 0.1) is 11.8 Å². The van der Waals surface area contributed by atoms with Crippen LogP contribution in [0.4, 0.5) is 0 Å². The molecule has 0 saturated carbocycles. The molecule has 2 aromatic rings. The number of hydrogen-bond acceptors (Lipinski definition) is 5. The molecule has 0 amide bonds. The second-order valence-electron chi connectivity index (χ2n) is 6.37. The Balaban J connectivity index is 1.93. The molecule has 1 aliphatic heterocycles. The molecule has 0 spiro atoms.